The standard InChI is InChI=1S/C29H40N6O3/c1-5-24(32-21-16-31-35(17-21)22-9-12-34(13-10-22)19(2)3)26-23-15-20(7-8-25(23)33-28(26)37)27(36)30-18-29(4)11-6-14-38-29/h7-8,15-17,19,22,33,37H,5-6,9-14,18H2,1-4H3,(H,30,36). The Bertz CT molecular complexity index is 1310. The molecule has 0 aliphatic carbocycles. The molecular formula is C29H40N6O3. The first-order valence-corrected chi connectivity index (χ1v) is 13.9. The summed E-state index contributed by atoms with van der Waals surface area (Å²) in [5, 5.41) is 19.2. The number of hydrogen-bond acceptors (Lipinski definition) is 6. The molecule has 2 saturated heterocycles. The van der Waals surface area contributed by atoms with Crippen molar-refractivity contribution in [2.24, 2.45) is 4.99 Å². The number of nitrogens with one attached hydrogen (secondary N) is 2. The van der Waals surface area contributed by atoms with Gasteiger partial charge >= 0.3 is 0 Å². The lowest BCUT2D eigenvalue weighted by Gasteiger charge is -2.34. The van der Waals surface area contributed by atoms with E-state index >= 15 is 0 Å². The van der Waals surface area contributed by atoms with Crippen molar-refractivity contribution in [3.8, 4) is 5.88 Å². The van der Waals surface area contributed by atoms with Gasteiger partial charge in [0.15, 0.2) is 5.88 Å². The van der Waals surface area contributed by atoms with E-state index in [1.54, 1.807) is 12.3 Å². The number of likely N-dealkylation sites (tertiary alicyclic amines) is 1. The molecule has 4 heterocycles. The molecule has 204 valence electrons. The van der Waals surface area contributed by atoms with Crippen LogP contribution in [-0.4, -0.2) is 74.3 Å². The largest absolute Gasteiger partial charge is 0.494 e. The predicted molar refractivity (Wildman–Crippen MR) is 150 cm³/mol. The topological polar surface area (TPSA) is 108 Å². The normalized spacial score (nSPS) is 21.6. The van der Waals surface area contributed by atoms with E-state index in [2.05, 4.69) is 34.1 Å². The van der Waals surface area contributed by atoms with Crippen molar-refractivity contribution >= 4 is 28.2 Å². The highest BCUT2D eigenvalue weighted by Gasteiger charge is 2.30. The number of hydrogen-bond donors (Lipinski definition) is 3. The quantitative estimate of drug-likeness (QED) is 0.365. The molecular weight excluding hydrogens is 480 g/mol. The number of H-pyrrole nitrogens is 1. The van der Waals surface area contributed by atoms with Crippen LogP contribution in [0, 0.1) is 0 Å². The molecule has 1 amide bonds. The average Bonchev–Trinajstić information content (AvgIpc) is 3.64. The fourth-order valence-electron chi connectivity index (χ4n) is 5.68. The summed E-state index contributed by atoms with van der Waals surface area (Å²) in [7, 11) is 0. The summed E-state index contributed by atoms with van der Waals surface area (Å²) in [6.07, 6.45) is 8.51. The van der Waals surface area contributed by atoms with Crippen LogP contribution in [0.4, 0.5) is 5.69 Å². The summed E-state index contributed by atoms with van der Waals surface area (Å²) in [6, 6.07) is 6.37. The fraction of sp³-hybridized carbons (Fsp3) is 0.552. The second-order valence-electron chi connectivity index (χ2n) is 11.1. The monoisotopic (exact) mass is 520 g/mol. The molecule has 0 spiro atoms. The maximum Gasteiger partial charge on any atom is 0.251 e. The van der Waals surface area contributed by atoms with Gasteiger partial charge in [0.25, 0.3) is 5.91 Å². The van der Waals surface area contributed by atoms with Gasteiger partial charge in [-0.3, -0.25) is 9.48 Å². The Morgan fingerprint density at radius 1 is 1.34 bits per heavy atom. The molecule has 38 heavy (non-hydrogen) atoms. The second kappa shape index (κ2) is 10.9. The molecule has 2 aliphatic rings. The maximum atomic E-state index is 13.0. The van der Waals surface area contributed by atoms with Crippen molar-refractivity contribution in [1.29, 1.82) is 0 Å². The van der Waals surface area contributed by atoms with Crippen LogP contribution in [-0.2, 0) is 4.74 Å². The molecule has 1 aromatic carbocycles. The second-order valence-corrected chi connectivity index (χ2v) is 11.1. The molecule has 0 radical (unpaired) electrons. The van der Waals surface area contributed by atoms with Crippen LogP contribution < -0.4 is 5.32 Å². The van der Waals surface area contributed by atoms with E-state index in [9.17, 15) is 9.90 Å². The number of carbonyl (C=O) groups excluding carboxylic acids is 1. The van der Waals surface area contributed by atoms with Crippen molar-refractivity contribution < 1.29 is 14.6 Å². The highest BCUT2D eigenvalue weighted by molar-refractivity contribution is 6.14. The lowest BCUT2D eigenvalue weighted by atomic mass is 10.0. The third kappa shape index (κ3) is 5.49. The number of aromatic nitrogens is 3. The van der Waals surface area contributed by atoms with Crippen molar-refractivity contribution in [3.63, 3.8) is 0 Å². The molecule has 1 atom stereocenters. The van der Waals surface area contributed by atoms with E-state index in [4.69, 9.17) is 9.73 Å². The molecule has 2 fully saturated rings. The molecule has 1 unspecified atom stereocenters. The van der Waals surface area contributed by atoms with Crippen LogP contribution in [0.2, 0.25) is 0 Å². The zero-order valence-corrected chi connectivity index (χ0v) is 23.0. The number of aliphatic imine (C=N–C) groups is 1. The Morgan fingerprint density at radius 3 is 2.82 bits per heavy atom. The van der Waals surface area contributed by atoms with Gasteiger partial charge in [0, 0.05) is 48.7 Å². The van der Waals surface area contributed by atoms with Crippen molar-refractivity contribution in [2.45, 2.75) is 77.5 Å². The number of ether oxygens (including phenoxy) is 1. The van der Waals surface area contributed by atoms with Crippen molar-refractivity contribution in [2.75, 3.05) is 26.2 Å². The molecule has 2 aliphatic heterocycles. The summed E-state index contributed by atoms with van der Waals surface area (Å²) in [5.41, 5.74) is 3.12. The van der Waals surface area contributed by atoms with Crippen LogP contribution in [0.25, 0.3) is 10.9 Å². The molecule has 5 rings (SSSR count). The number of carbonyl (C=O) groups is 1. The van der Waals surface area contributed by atoms with Gasteiger partial charge in [0.05, 0.1) is 35.3 Å². The highest BCUT2D eigenvalue weighted by Crippen LogP contribution is 2.32. The summed E-state index contributed by atoms with van der Waals surface area (Å²) >= 11 is 0. The van der Waals surface area contributed by atoms with Gasteiger partial charge in [-0.15, -0.1) is 0 Å². The fourth-order valence-corrected chi connectivity index (χ4v) is 5.68. The third-order valence-corrected chi connectivity index (χ3v) is 8.04. The number of fused-ring (bicyclic) bond motifs is 1. The van der Waals surface area contributed by atoms with Gasteiger partial charge in [0.2, 0.25) is 0 Å². The summed E-state index contributed by atoms with van der Waals surface area (Å²) in [6.45, 7) is 11.9. The van der Waals surface area contributed by atoms with Crippen LogP contribution in [0.5, 0.6) is 5.88 Å². The number of rotatable bonds is 8. The Kier molecular flexibility index (Phi) is 7.59. The van der Waals surface area contributed by atoms with Gasteiger partial charge in [-0.05, 0) is 71.1 Å². The number of aromatic amines is 1. The first-order chi connectivity index (χ1) is 18.3. The van der Waals surface area contributed by atoms with Crippen LogP contribution >= 0.6 is 0 Å². The average molecular weight is 521 g/mol. The Labute approximate surface area is 224 Å². The van der Waals surface area contributed by atoms with Gasteiger partial charge in [0.1, 0.15) is 5.69 Å². The molecule has 3 aromatic rings. The van der Waals surface area contributed by atoms with Gasteiger partial charge in [-0.1, -0.05) is 6.92 Å². The number of aromatic hydroxyl groups is 1. The van der Waals surface area contributed by atoms with Crippen molar-refractivity contribution in [3.05, 3.63) is 41.7 Å². The van der Waals surface area contributed by atoms with E-state index in [1.165, 1.54) is 0 Å². The minimum absolute atomic E-state index is 0.0541. The van der Waals surface area contributed by atoms with Crippen LogP contribution in [0.15, 0.2) is 35.6 Å². The van der Waals surface area contributed by atoms with Crippen LogP contribution in [0.1, 0.15) is 81.8 Å². The zero-order valence-electron chi connectivity index (χ0n) is 23.0. The molecule has 9 nitrogen and oxygen atoms in total. The Balaban J connectivity index is 1.36. The molecule has 3 N–H and O–H groups in total. The van der Waals surface area contributed by atoms with Crippen molar-refractivity contribution in [1.82, 2.24) is 25.0 Å². The van der Waals surface area contributed by atoms with Gasteiger partial charge < -0.3 is 25.0 Å². The van der Waals surface area contributed by atoms with E-state index in [0.717, 1.165) is 67.7 Å². The smallest absolute Gasteiger partial charge is 0.251 e. The summed E-state index contributed by atoms with van der Waals surface area (Å²) < 4.78 is 7.84. The SMILES string of the molecule is CCC(=Nc1cnn(C2CCN(C(C)C)CC2)c1)c1c(O)[nH]c2ccc(C(=O)NCC3(C)CCCO3)cc12. The van der Waals surface area contributed by atoms with Crippen LogP contribution in [0.3, 0.4) is 0 Å². The van der Waals surface area contributed by atoms with E-state index in [-0.39, 0.29) is 17.4 Å². The lowest BCUT2D eigenvalue weighted by Crippen LogP contribution is -2.40. The predicted octanol–water partition coefficient (Wildman–Crippen LogP) is 4.95. The van der Waals surface area contributed by atoms with E-state index in [1.807, 2.05) is 36.9 Å². The summed E-state index contributed by atoms with van der Waals surface area (Å²) in [5.74, 6) is -0.103. The number of benzene rings is 1. The maximum absolute atomic E-state index is 13.0. The number of amides is 1. The zero-order chi connectivity index (χ0) is 26.9. The minimum atomic E-state index is -0.310. The van der Waals surface area contributed by atoms with Gasteiger partial charge in [-0.25, -0.2) is 4.99 Å². The summed E-state index contributed by atoms with van der Waals surface area (Å²) in [4.78, 5) is 23.4. The molecule has 2 aromatic heterocycles. The Morgan fingerprint density at radius 2 is 2.13 bits per heavy atom. The number of piperidine rings is 1. The first kappa shape index (κ1) is 26.4. The van der Waals surface area contributed by atoms with E-state index in [0.29, 0.717) is 36.2 Å². The lowest BCUT2D eigenvalue weighted by molar-refractivity contribution is 0.0206. The Hall–Kier alpha value is -3.17. The first-order valence-electron chi connectivity index (χ1n) is 13.9. The van der Waals surface area contributed by atoms with Gasteiger partial charge in [-0.2, -0.15) is 5.10 Å². The number of nitrogens with zero attached hydrogens (tertiary/aromatic N) is 4. The highest BCUT2D eigenvalue weighted by atomic mass is 16.5. The minimum Gasteiger partial charge on any atom is -0.494 e. The third-order valence-electron chi connectivity index (χ3n) is 8.04. The molecule has 9 heteroatoms. The van der Waals surface area contributed by atoms with E-state index < -0.39 is 0 Å². The molecule has 0 saturated carbocycles. The molecule has 0 bridgehead atoms.